The first kappa shape index (κ1) is 18.6. The van der Waals surface area contributed by atoms with Crippen molar-refractivity contribution in [1.29, 1.82) is 0 Å². The number of nitrogens with zero attached hydrogens (tertiary/aromatic N) is 1. The van der Waals surface area contributed by atoms with E-state index in [0.29, 0.717) is 6.61 Å². The largest absolute Gasteiger partial charge is 0.463 e. The molecule has 24 heavy (non-hydrogen) atoms. The molecular weight excluding hydrogens is 318 g/mol. The molecular formula is C20H25NO2S. The van der Waals surface area contributed by atoms with E-state index in [1.54, 1.807) is 0 Å². The standard InChI is InChI=1S/C20H25NO2S/c1-3-21(4-2)15-16-23-19(22)20(24,17-11-7-5-8-12-17)18-13-9-6-10-14-18/h5-14,24H,3-4,15-16H2,1-2H3. The Kier molecular flexibility index (Phi) is 6.88. The van der Waals surface area contributed by atoms with E-state index in [4.69, 9.17) is 17.4 Å². The van der Waals surface area contributed by atoms with Gasteiger partial charge < -0.3 is 9.64 Å². The van der Waals surface area contributed by atoms with Gasteiger partial charge in [0.05, 0.1) is 0 Å². The van der Waals surface area contributed by atoms with Crippen LogP contribution >= 0.6 is 12.6 Å². The van der Waals surface area contributed by atoms with E-state index in [1.807, 2.05) is 60.7 Å². The molecule has 0 saturated heterocycles. The predicted octanol–water partition coefficient (Wildman–Crippen LogP) is 3.75. The number of thiol groups is 1. The van der Waals surface area contributed by atoms with E-state index < -0.39 is 4.75 Å². The minimum Gasteiger partial charge on any atom is -0.463 e. The quantitative estimate of drug-likeness (QED) is 0.585. The first-order valence-electron chi connectivity index (χ1n) is 8.35. The van der Waals surface area contributed by atoms with Crippen LogP contribution in [-0.4, -0.2) is 37.1 Å². The lowest BCUT2D eigenvalue weighted by Gasteiger charge is -2.28. The number of hydrogen-bond acceptors (Lipinski definition) is 4. The van der Waals surface area contributed by atoms with E-state index in [1.165, 1.54) is 0 Å². The summed E-state index contributed by atoms with van der Waals surface area (Å²) in [5.41, 5.74) is 1.62. The highest BCUT2D eigenvalue weighted by Crippen LogP contribution is 2.37. The Morgan fingerprint density at radius 1 is 0.958 bits per heavy atom. The van der Waals surface area contributed by atoms with Gasteiger partial charge in [-0.2, -0.15) is 12.6 Å². The van der Waals surface area contributed by atoms with Crippen LogP contribution in [0.15, 0.2) is 60.7 Å². The van der Waals surface area contributed by atoms with Crippen LogP contribution in [0.1, 0.15) is 25.0 Å². The number of carbonyl (C=O) groups excluding carboxylic acids is 1. The fraction of sp³-hybridized carbons (Fsp3) is 0.350. The second-order valence-corrected chi connectivity index (χ2v) is 6.28. The summed E-state index contributed by atoms with van der Waals surface area (Å²) in [6, 6.07) is 19.1. The average molecular weight is 343 g/mol. The lowest BCUT2D eigenvalue weighted by molar-refractivity contribution is -0.146. The molecule has 0 unspecified atom stereocenters. The Morgan fingerprint density at radius 3 is 1.83 bits per heavy atom. The molecule has 0 bridgehead atoms. The van der Waals surface area contributed by atoms with Crippen molar-refractivity contribution in [3.63, 3.8) is 0 Å². The molecule has 2 aromatic carbocycles. The number of hydrogen-bond donors (Lipinski definition) is 1. The first-order valence-corrected chi connectivity index (χ1v) is 8.80. The maximum absolute atomic E-state index is 12.9. The van der Waals surface area contributed by atoms with E-state index in [2.05, 4.69) is 18.7 Å². The summed E-state index contributed by atoms with van der Waals surface area (Å²) in [7, 11) is 0. The molecule has 0 heterocycles. The molecule has 0 aliphatic rings. The normalized spacial score (nSPS) is 11.5. The van der Waals surface area contributed by atoms with Gasteiger partial charge in [0, 0.05) is 6.54 Å². The fourth-order valence-corrected chi connectivity index (χ4v) is 3.04. The maximum Gasteiger partial charge on any atom is 0.331 e. The number of rotatable bonds is 8. The molecule has 0 atom stereocenters. The Labute approximate surface area is 150 Å². The summed E-state index contributed by atoms with van der Waals surface area (Å²) in [6.45, 7) is 7.17. The average Bonchev–Trinajstić information content (AvgIpc) is 2.65. The van der Waals surface area contributed by atoms with Crippen LogP contribution in [-0.2, 0) is 14.3 Å². The molecule has 0 aromatic heterocycles. The van der Waals surface area contributed by atoms with E-state index in [9.17, 15) is 4.79 Å². The molecule has 0 fully saturated rings. The summed E-state index contributed by atoms with van der Waals surface area (Å²) in [5, 5.41) is 0. The van der Waals surface area contributed by atoms with E-state index in [-0.39, 0.29) is 5.97 Å². The van der Waals surface area contributed by atoms with E-state index >= 15 is 0 Å². The van der Waals surface area contributed by atoms with Crippen molar-refractivity contribution in [3.05, 3.63) is 71.8 Å². The van der Waals surface area contributed by atoms with Crippen molar-refractivity contribution in [2.24, 2.45) is 0 Å². The van der Waals surface area contributed by atoms with Crippen LogP contribution in [0.2, 0.25) is 0 Å². The predicted molar refractivity (Wildman–Crippen MR) is 101 cm³/mol. The third-order valence-corrected chi connectivity index (χ3v) is 4.91. The van der Waals surface area contributed by atoms with Crippen LogP contribution in [0.25, 0.3) is 0 Å². The number of esters is 1. The third-order valence-electron chi connectivity index (χ3n) is 4.21. The minimum atomic E-state index is -1.11. The van der Waals surface area contributed by atoms with Crippen LogP contribution < -0.4 is 0 Å². The van der Waals surface area contributed by atoms with Crippen LogP contribution in [0.4, 0.5) is 0 Å². The van der Waals surface area contributed by atoms with Gasteiger partial charge in [0.2, 0.25) is 0 Å². The molecule has 0 aliphatic carbocycles. The molecule has 0 amide bonds. The van der Waals surface area contributed by atoms with Gasteiger partial charge in [-0.3, -0.25) is 0 Å². The number of likely N-dealkylation sites (N-methyl/N-ethyl adjacent to an activating group) is 1. The molecule has 0 aliphatic heterocycles. The van der Waals surface area contributed by atoms with Crippen LogP contribution in [0, 0.1) is 0 Å². The van der Waals surface area contributed by atoms with Crippen molar-refractivity contribution in [2.75, 3.05) is 26.2 Å². The molecule has 0 N–H and O–H groups in total. The molecule has 0 saturated carbocycles. The molecule has 128 valence electrons. The second kappa shape index (κ2) is 8.90. The highest BCUT2D eigenvalue weighted by atomic mass is 32.1. The number of carbonyl (C=O) groups is 1. The monoisotopic (exact) mass is 343 g/mol. The van der Waals surface area contributed by atoms with Gasteiger partial charge >= 0.3 is 5.97 Å². The number of benzene rings is 2. The van der Waals surface area contributed by atoms with Crippen molar-refractivity contribution in [3.8, 4) is 0 Å². The molecule has 2 rings (SSSR count). The highest BCUT2D eigenvalue weighted by molar-refractivity contribution is 7.82. The summed E-state index contributed by atoms with van der Waals surface area (Å²) in [6.07, 6.45) is 0. The van der Waals surface area contributed by atoms with Gasteiger partial charge in [0.15, 0.2) is 4.75 Å². The summed E-state index contributed by atoms with van der Waals surface area (Å²) in [4.78, 5) is 15.1. The Balaban J connectivity index is 2.22. The van der Waals surface area contributed by atoms with Gasteiger partial charge in [-0.1, -0.05) is 74.5 Å². The van der Waals surface area contributed by atoms with Crippen LogP contribution in [0.5, 0.6) is 0 Å². The molecule has 0 spiro atoms. The SMILES string of the molecule is CCN(CC)CCOC(=O)C(S)(c1ccccc1)c1ccccc1. The van der Waals surface area contributed by atoms with Gasteiger partial charge in [-0.15, -0.1) is 0 Å². The van der Waals surface area contributed by atoms with Gasteiger partial charge in [0.1, 0.15) is 6.61 Å². The zero-order chi connectivity index (χ0) is 17.4. The van der Waals surface area contributed by atoms with Crippen molar-refractivity contribution >= 4 is 18.6 Å². The second-order valence-electron chi connectivity index (χ2n) is 5.61. The Bertz CT molecular complexity index is 587. The Morgan fingerprint density at radius 2 is 1.42 bits per heavy atom. The fourth-order valence-electron chi connectivity index (χ4n) is 2.67. The molecule has 4 heteroatoms. The zero-order valence-electron chi connectivity index (χ0n) is 14.3. The van der Waals surface area contributed by atoms with Crippen molar-refractivity contribution < 1.29 is 9.53 Å². The van der Waals surface area contributed by atoms with E-state index in [0.717, 1.165) is 30.8 Å². The Hall–Kier alpha value is -1.78. The van der Waals surface area contributed by atoms with Gasteiger partial charge in [-0.05, 0) is 24.2 Å². The summed E-state index contributed by atoms with van der Waals surface area (Å²) >= 11 is 4.78. The van der Waals surface area contributed by atoms with Crippen LogP contribution in [0.3, 0.4) is 0 Å². The zero-order valence-corrected chi connectivity index (χ0v) is 15.2. The topological polar surface area (TPSA) is 29.5 Å². The van der Waals surface area contributed by atoms with Gasteiger partial charge in [0.25, 0.3) is 0 Å². The molecule has 3 nitrogen and oxygen atoms in total. The number of ether oxygens (including phenoxy) is 1. The first-order chi connectivity index (χ1) is 11.6. The minimum absolute atomic E-state index is 0.338. The smallest absolute Gasteiger partial charge is 0.331 e. The summed E-state index contributed by atoms with van der Waals surface area (Å²) < 4.78 is 4.49. The maximum atomic E-state index is 12.9. The highest BCUT2D eigenvalue weighted by Gasteiger charge is 2.40. The van der Waals surface area contributed by atoms with Crippen molar-refractivity contribution in [2.45, 2.75) is 18.6 Å². The molecule has 2 aromatic rings. The lowest BCUT2D eigenvalue weighted by Crippen LogP contribution is -2.35. The molecule has 0 radical (unpaired) electrons. The lowest BCUT2D eigenvalue weighted by atomic mass is 9.90. The third kappa shape index (κ3) is 4.19. The summed E-state index contributed by atoms with van der Waals surface area (Å²) in [5.74, 6) is -0.338. The van der Waals surface area contributed by atoms with Gasteiger partial charge in [-0.25, -0.2) is 4.79 Å². The van der Waals surface area contributed by atoms with Crippen molar-refractivity contribution in [1.82, 2.24) is 4.90 Å².